The van der Waals surface area contributed by atoms with Gasteiger partial charge in [-0.05, 0) is 33.2 Å². The van der Waals surface area contributed by atoms with Crippen molar-refractivity contribution < 1.29 is 0 Å². The van der Waals surface area contributed by atoms with E-state index in [0.29, 0.717) is 5.41 Å². The van der Waals surface area contributed by atoms with Crippen LogP contribution in [-0.4, -0.2) is 25.7 Å². The van der Waals surface area contributed by atoms with E-state index in [2.05, 4.69) is 45.3 Å². The lowest BCUT2D eigenvalue weighted by molar-refractivity contribution is 0.285. The van der Waals surface area contributed by atoms with Gasteiger partial charge in [-0.15, -0.1) is 0 Å². The largest absolute Gasteiger partial charge is 0.319 e. The molecule has 2 nitrogen and oxygen atoms in total. The molecule has 0 aromatic carbocycles. The van der Waals surface area contributed by atoms with E-state index < -0.39 is 0 Å². The normalized spacial score (nSPS) is 13.5. The van der Waals surface area contributed by atoms with Gasteiger partial charge < -0.3 is 10.6 Å². The molecule has 0 aliphatic carbocycles. The molecule has 0 aromatic heterocycles. The Bertz CT molecular complexity index is 122. The summed E-state index contributed by atoms with van der Waals surface area (Å²) in [4.78, 5) is 0. The van der Waals surface area contributed by atoms with Crippen LogP contribution < -0.4 is 10.6 Å². The number of hydrogen-bond acceptors (Lipinski definition) is 2. The summed E-state index contributed by atoms with van der Waals surface area (Å²) in [5, 5.41) is 6.71. The Morgan fingerprint density at radius 1 is 0.917 bits per heavy atom. The zero-order valence-corrected chi connectivity index (χ0v) is 9.41. The first-order chi connectivity index (χ1) is 5.27. The van der Waals surface area contributed by atoms with Gasteiger partial charge in [0.1, 0.15) is 0 Å². The van der Waals surface area contributed by atoms with Crippen LogP contribution in [0.4, 0.5) is 0 Å². The first kappa shape index (κ1) is 11.9. The molecule has 0 heterocycles. The summed E-state index contributed by atoms with van der Waals surface area (Å²) in [5.41, 5.74) is 0.563. The van der Waals surface area contributed by atoms with Crippen LogP contribution in [0.2, 0.25) is 0 Å². The van der Waals surface area contributed by atoms with Gasteiger partial charge in [-0.3, -0.25) is 0 Å². The van der Waals surface area contributed by atoms with Gasteiger partial charge >= 0.3 is 0 Å². The minimum absolute atomic E-state index is 0.227. The van der Waals surface area contributed by atoms with Crippen molar-refractivity contribution >= 4 is 0 Å². The number of nitrogens with one attached hydrogen (secondary N) is 2. The van der Waals surface area contributed by atoms with Crippen LogP contribution in [0.3, 0.4) is 0 Å². The van der Waals surface area contributed by atoms with Crippen LogP contribution in [0.1, 0.15) is 34.6 Å². The minimum Gasteiger partial charge on any atom is -0.319 e. The highest BCUT2D eigenvalue weighted by molar-refractivity contribution is 4.79. The van der Waals surface area contributed by atoms with Crippen LogP contribution >= 0.6 is 0 Å². The third kappa shape index (κ3) is 6.62. The van der Waals surface area contributed by atoms with Gasteiger partial charge in [-0.2, -0.15) is 0 Å². The van der Waals surface area contributed by atoms with Crippen molar-refractivity contribution in [3.63, 3.8) is 0 Å². The molecular formula is C10H24N2. The number of rotatable bonds is 4. The van der Waals surface area contributed by atoms with E-state index in [1.807, 2.05) is 7.05 Å². The van der Waals surface area contributed by atoms with Crippen molar-refractivity contribution in [2.75, 3.05) is 20.1 Å². The topological polar surface area (TPSA) is 24.1 Å². The Labute approximate surface area is 77.1 Å². The van der Waals surface area contributed by atoms with Gasteiger partial charge in [0.15, 0.2) is 0 Å². The zero-order chi connectivity index (χ0) is 9.83. The monoisotopic (exact) mass is 172 g/mol. The summed E-state index contributed by atoms with van der Waals surface area (Å²) in [6.07, 6.45) is 0. The maximum Gasteiger partial charge on any atom is 0.00967 e. The quantitative estimate of drug-likeness (QED) is 0.673. The Balaban J connectivity index is 3.75. The van der Waals surface area contributed by atoms with Crippen molar-refractivity contribution in [1.29, 1.82) is 0 Å². The van der Waals surface area contributed by atoms with Gasteiger partial charge in [-0.25, -0.2) is 0 Å². The van der Waals surface area contributed by atoms with Gasteiger partial charge in [0, 0.05) is 18.6 Å². The molecule has 74 valence electrons. The standard InChI is InChI=1S/C10H24N2/c1-9(2,3)12-8-10(4,5)7-11-6/h11-12H,7-8H2,1-6H3. The predicted molar refractivity (Wildman–Crippen MR) is 55.5 cm³/mol. The second-order valence-corrected chi connectivity index (χ2v) is 5.30. The van der Waals surface area contributed by atoms with Gasteiger partial charge in [0.2, 0.25) is 0 Å². The molecule has 2 N–H and O–H groups in total. The predicted octanol–water partition coefficient (Wildman–Crippen LogP) is 1.62. The molecule has 0 fully saturated rings. The van der Waals surface area contributed by atoms with Crippen LogP contribution in [-0.2, 0) is 0 Å². The molecule has 0 atom stereocenters. The van der Waals surface area contributed by atoms with Crippen LogP contribution in [0, 0.1) is 5.41 Å². The van der Waals surface area contributed by atoms with Crippen molar-refractivity contribution in [3.05, 3.63) is 0 Å². The second kappa shape index (κ2) is 4.24. The van der Waals surface area contributed by atoms with Gasteiger partial charge in [0.25, 0.3) is 0 Å². The van der Waals surface area contributed by atoms with Gasteiger partial charge in [-0.1, -0.05) is 13.8 Å². The Morgan fingerprint density at radius 2 is 1.42 bits per heavy atom. The van der Waals surface area contributed by atoms with Crippen LogP contribution in [0.15, 0.2) is 0 Å². The summed E-state index contributed by atoms with van der Waals surface area (Å²) in [7, 11) is 2.00. The van der Waals surface area contributed by atoms with Crippen LogP contribution in [0.5, 0.6) is 0 Å². The van der Waals surface area contributed by atoms with Crippen molar-refractivity contribution in [2.24, 2.45) is 5.41 Å². The summed E-state index contributed by atoms with van der Waals surface area (Å²) < 4.78 is 0. The van der Waals surface area contributed by atoms with Crippen LogP contribution in [0.25, 0.3) is 0 Å². The average Bonchev–Trinajstić information content (AvgIpc) is 1.83. The van der Waals surface area contributed by atoms with Crippen molar-refractivity contribution in [3.8, 4) is 0 Å². The average molecular weight is 172 g/mol. The van der Waals surface area contributed by atoms with Crippen molar-refractivity contribution in [1.82, 2.24) is 10.6 Å². The molecule has 0 spiro atoms. The lowest BCUT2D eigenvalue weighted by atomic mass is 9.92. The zero-order valence-electron chi connectivity index (χ0n) is 9.41. The summed E-state index contributed by atoms with van der Waals surface area (Å²) >= 11 is 0. The highest BCUT2D eigenvalue weighted by atomic mass is 15.0. The summed E-state index contributed by atoms with van der Waals surface area (Å²) in [6, 6.07) is 0. The summed E-state index contributed by atoms with van der Waals surface area (Å²) in [5.74, 6) is 0. The molecule has 0 aliphatic rings. The van der Waals surface area contributed by atoms with E-state index in [-0.39, 0.29) is 5.54 Å². The van der Waals surface area contributed by atoms with Gasteiger partial charge in [0.05, 0.1) is 0 Å². The molecule has 0 rings (SSSR count). The minimum atomic E-state index is 0.227. The van der Waals surface area contributed by atoms with Crippen molar-refractivity contribution in [2.45, 2.75) is 40.2 Å². The molecule has 0 aromatic rings. The fourth-order valence-electron chi connectivity index (χ4n) is 1.05. The van der Waals surface area contributed by atoms with E-state index in [4.69, 9.17) is 0 Å². The highest BCUT2D eigenvalue weighted by Crippen LogP contribution is 2.13. The summed E-state index contributed by atoms with van der Waals surface area (Å²) in [6.45, 7) is 13.2. The molecule has 0 radical (unpaired) electrons. The Morgan fingerprint density at radius 3 is 1.75 bits per heavy atom. The van der Waals surface area contributed by atoms with E-state index in [0.717, 1.165) is 13.1 Å². The third-order valence-corrected chi connectivity index (χ3v) is 1.75. The molecule has 0 saturated carbocycles. The maximum atomic E-state index is 3.51. The molecule has 0 aliphatic heterocycles. The second-order valence-electron chi connectivity index (χ2n) is 5.30. The van der Waals surface area contributed by atoms with E-state index in [9.17, 15) is 0 Å². The molecule has 0 bridgehead atoms. The van der Waals surface area contributed by atoms with E-state index >= 15 is 0 Å². The lowest BCUT2D eigenvalue weighted by Crippen LogP contribution is -2.44. The lowest BCUT2D eigenvalue weighted by Gasteiger charge is -2.30. The number of hydrogen-bond donors (Lipinski definition) is 2. The first-order valence-electron chi connectivity index (χ1n) is 4.66. The molecule has 12 heavy (non-hydrogen) atoms. The smallest absolute Gasteiger partial charge is 0.00967 e. The third-order valence-electron chi connectivity index (χ3n) is 1.75. The molecule has 0 saturated heterocycles. The fraction of sp³-hybridized carbons (Fsp3) is 1.00. The Hall–Kier alpha value is -0.0800. The molecular weight excluding hydrogens is 148 g/mol. The SMILES string of the molecule is CNCC(C)(C)CNC(C)(C)C. The maximum absolute atomic E-state index is 3.51. The highest BCUT2D eigenvalue weighted by Gasteiger charge is 2.19. The molecule has 0 unspecified atom stereocenters. The molecule has 2 heteroatoms. The Kier molecular flexibility index (Phi) is 4.21. The fourth-order valence-corrected chi connectivity index (χ4v) is 1.05. The van der Waals surface area contributed by atoms with E-state index in [1.165, 1.54) is 0 Å². The first-order valence-corrected chi connectivity index (χ1v) is 4.66. The molecule has 0 amide bonds. The van der Waals surface area contributed by atoms with E-state index in [1.54, 1.807) is 0 Å².